The third-order valence-corrected chi connectivity index (χ3v) is 8.39. The minimum atomic E-state index is -4.08. The topological polar surface area (TPSA) is 138 Å². The largest absolute Gasteiger partial charge is 0.273 e. The number of carbonyl (C=O) groups is 1. The SMILES string of the molecule is O=C(NNS(=O)(=O)c1cccc2nsnc12)c1ccc(S(=O)(=O)N2CCCC2)cc1. The predicted octanol–water partition coefficient (Wildman–Crippen LogP) is 1.10. The third kappa shape index (κ3) is 3.94. The van der Waals surface area contributed by atoms with Crippen LogP contribution in [-0.2, 0) is 20.0 Å². The maximum Gasteiger partial charge on any atom is 0.266 e. The van der Waals surface area contributed by atoms with Gasteiger partial charge in [-0.25, -0.2) is 16.8 Å². The number of hydrogen-bond donors (Lipinski definition) is 2. The summed E-state index contributed by atoms with van der Waals surface area (Å²) in [6.07, 6.45) is 1.65. The molecule has 0 bridgehead atoms. The number of amides is 1. The van der Waals surface area contributed by atoms with Crippen molar-refractivity contribution in [1.29, 1.82) is 0 Å². The van der Waals surface area contributed by atoms with Crippen molar-refractivity contribution in [2.24, 2.45) is 0 Å². The van der Waals surface area contributed by atoms with E-state index in [2.05, 4.69) is 14.2 Å². The third-order valence-electron chi connectivity index (χ3n) is 4.66. The number of hydrogen-bond acceptors (Lipinski definition) is 8. The first kappa shape index (κ1) is 20.8. The summed E-state index contributed by atoms with van der Waals surface area (Å²) in [5.74, 6) is -0.729. The number of benzene rings is 2. The Hall–Kier alpha value is -2.45. The first-order valence-corrected chi connectivity index (χ1v) is 12.6. The Kier molecular flexibility index (Phi) is 5.55. The van der Waals surface area contributed by atoms with Gasteiger partial charge in [0, 0.05) is 18.7 Å². The van der Waals surface area contributed by atoms with E-state index in [0.717, 1.165) is 24.6 Å². The van der Waals surface area contributed by atoms with Gasteiger partial charge in [-0.1, -0.05) is 6.07 Å². The highest BCUT2D eigenvalue weighted by atomic mass is 32.2. The molecule has 0 unspecified atom stereocenters. The van der Waals surface area contributed by atoms with Crippen LogP contribution in [0.15, 0.2) is 52.3 Å². The molecule has 2 N–H and O–H groups in total. The number of hydrazine groups is 1. The Labute approximate surface area is 177 Å². The molecule has 0 saturated carbocycles. The smallest absolute Gasteiger partial charge is 0.266 e. The number of sulfonamides is 2. The van der Waals surface area contributed by atoms with Crippen molar-refractivity contribution in [2.45, 2.75) is 22.6 Å². The molecule has 2 heterocycles. The van der Waals surface area contributed by atoms with Gasteiger partial charge in [0.1, 0.15) is 15.9 Å². The lowest BCUT2D eigenvalue weighted by atomic mass is 10.2. The summed E-state index contributed by atoms with van der Waals surface area (Å²) in [6, 6.07) is 9.84. The Bertz CT molecular complexity index is 1300. The van der Waals surface area contributed by atoms with Crippen LogP contribution < -0.4 is 10.3 Å². The number of rotatable bonds is 6. The molecule has 10 nitrogen and oxygen atoms in total. The fourth-order valence-electron chi connectivity index (χ4n) is 3.09. The molecule has 1 fully saturated rings. The summed E-state index contributed by atoms with van der Waals surface area (Å²) in [5.41, 5.74) is 2.87. The van der Waals surface area contributed by atoms with Gasteiger partial charge in [0.2, 0.25) is 10.0 Å². The van der Waals surface area contributed by atoms with Gasteiger partial charge in [-0.15, -0.1) is 4.83 Å². The van der Waals surface area contributed by atoms with Crippen LogP contribution in [0.3, 0.4) is 0 Å². The van der Waals surface area contributed by atoms with E-state index < -0.39 is 26.0 Å². The molecular formula is C17H17N5O5S3. The highest BCUT2D eigenvalue weighted by molar-refractivity contribution is 7.89. The molecule has 13 heteroatoms. The maximum atomic E-state index is 12.5. The van der Waals surface area contributed by atoms with Crippen molar-refractivity contribution in [3.05, 3.63) is 48.0 Å². The van der Waals surface area contributed by atoms with Crippen molar-refractivity contribution < 1.29 is 21.6 Å². The van der Waals surface area contributed by atoms with Gasteiger partial charge in [0.25, 0.3) is 15.9 Å². The Balaban J connectivity index is 1.47. The lowest BCUT2D eigenvalue weighted by Gasteiger charge is -2.15. The molecule has 0 radical (unpaired) electrons. The number of nitrogens with one attached hydrogen (secondary N) is 2. The fraction of sp³-hybridized carbons (Fsp3) is 0.235. The lowest BCUT2D eigenvalue weighted by Crippen LogP contribution is -2.41. The van der Waals surface area contributed by atoms with E-state index in [4.69, 9.17) is 0 Å². The Morgan fingerprint density at radius 2 is 1.67 bits per heavy atom. The average molecular weight is 468 g/mol. The number of nitrogens with zero attached hydrogens (tertiary/aromatic N) is 3. The molecule has 30 heavy (non-hydrogen) atoms. The first-order valence-electron chi connectivity index (χ1n) is 8.93. The number of fused-ring (bicyclic) bond motifs is 1. The standard InChI is InChI=1S/C17H17N5O5S3/c23-17(12-6-8-13(9-7-12)30(26,27)22-10-1-2-11-22)18-21-29(24,25)15-5-3-4-14-16(15)20-28-19-14/h3-9,21H,1-2,10-11H2,(H,18,23). The summed E-state index contributed by atoms with van der Waals surface area (Å²) in [4.78, 5) is 14.3. The molecule has 158 valence electrons. The van der Waals surface area contributed by atoms with E-state index in [0.29, 0.717) is 18.6 Å². The van der Waals surface area contributed by atoms with Gasteiger partial charge < -0.3 is 0 Å². The molecule has 1 aliphatic rings. The van der Waals surface area contributed by atoms with Crippen molar-refractivity contribution in [3.63, 3.8) is 0 Å². The van der Waals surface area contributed by atoms with E-state index in [1.54, 1.807) is 6.07 Å². The Morgan fingerprint density at radius 1 is 0.967 bits per heavy atom. The summed E-state index contributed by atoms with van der Waals surface area (Å²) in [6.45, 7) is 0.960. The van der Waals surface area contributed by atoms with Crippen LogP contribution in [0.4, 0.5) is 0 Å². The van der Waals surface area contributed by atoms with E-state index in [1.807, 2.05) is 4.83 Å². The molecule has 4 rings (SSSR count). The van der Waals surface area contributed by atoms with Crippen molar-refractivity contribution in [1.82, 2.24) is 23.3 Å². The van der Waals surface area contributed by atoms with Crippen LogP contribution >= 0.6 is 11.7 Å². The summed E-state index contributed by atoms with van der Waals surface area (Å²) in [5, 5.41) is 0. The lowest BCUT2D eigenvalue weighted by molar-refractivity contribution is 0.0945. The van der Waals surface area contributed by atoms with Crippen LogP contribution in [0.1, 0.15) is 23.2 Å². The van der Waals surface area contributed by atoms with Gasteiger partial charge in [-0.3, -0.25) is 10.2 Å². The van der Waals surface area contributed by atoms with E-state index in [1.165, 1.54) is 40.7 Å². The van der Waals surface area contributed by atoms with Gasteiger partial charge in [-0.05, 0) is 49.2 Å². The van der Waals surface area contributed by atoms with Gasteiger partial charge in [0.05, 0.1) is 16.6 Å². The average Bonchev–Trinajstić information content (AvgIpc) is 3.44. The summed E-state index contributed by atoms with van der Waals surface area (Å²) >= 11 is 0.885. The second-order valence-corrected chi connectivity index (χ2v) is 10.7. The second kappa shape index (κ2) is 8.00. The summed E-state index contributed by atoms with van der Waals surface area (Å²) in [7, 11) is -7.67. The van der Waals surface area contributed by atoms with Crippen LogP contribution in [-0.4, -0.2) is 48.9 Å². The highest BCUT2D eigenvalue weighted by Gasteiger charge is 2.27. The monoisotopic (exact) mass is 467 g/mol. The second-order valence-electron chi connectivity index (χ2n) is 6.58. The molecular weight excluding hydrogens is 450 g/mol. The number of carbonyl (C=O) groups excluding carboxylic acids is 1. The molecule has 0 atom stereocenters. The molecule has 1 amide bonds. The normalized spacial score (nSPS) is 15.5. The predicted molar refractivity (Wildman–Crippen MR) is 110 cm³/mol. The Morgan fingerprint density at radius 3 is 2.37 bits per heavy atom. The molecule has 1 aliphatic heterocycles. The molecule has 0 spiro atoms. The van der Waals surface area contributed by atoms with Crippen LogP contribution in [0.25, 0.3) is 11.0 Å². The van der Waals surface area contributed by atoms with Crippen LogP contribution in [0.5, 0.6) is 0 Å². The fourth-order valence-corrected chi connectivity index (χ4v) is 6.22. The van der Waals surface area contributed by atoms with Crippen LogP contribution in [0, 0.1) is 0 Å². The van der Waals surface area contributed by atoms with E-state index in [9.17, 15) is 21.6 Å². The zero-order valence-electron chi connectivity index (χ0n) is 15.5. The van der Waals surface area contributed by atoms with E-state index >= 15 is 0 Å². The molecule has 1 saturated heterocycles. The first-order chi connectivity index (χ1) is 14.3. The molecule has 1 aromatic heterocycles. The summed E-state index contributed by atoms with van der Waals surface area (Å²) < 4.78 is 59.5. The van der Waals surface area contributed by atoms with Crippen molar-refractivity contribution in [2.75, 3.05) is 13.1 Å². The molecule has 0 aliphatic carbocycles. The van der Waals surface area contributed by atoms with E-state index in [-0.39, 0.29) is 20.9 Å². The molecule has 3 aromatic rings. The van der Waals surface area contributed by atoms with Gasteiger partial charge in [-0.2, -0.15) is 13.1 Å². The van der Waals surface area contributed by atoms with Crippen molar-refractivity contribution >= 4 is 48.7 Å². The number of aromatic nitrogens is 2. The minimum Gasteiger partial charge on any atom is -0.273 e. The quantitative estimate of drug-likeness (QED) is 0.518. The zero-order chi connectivity index (χ0) is 21.4. The van der Waals surface area contributed by atoms with Crippen LogP contribution in [0.2, 0.25) is 0 Å². The highest BCUT2D eigenvalue weighted by Crippen LogP contribution is 2.22. The molecule has 2 aromatic carbocycles. The van der Waals surface area contributed by atoms with Gasteiger partial charge >= 0.3 is 0 Å². The van der Waals surface area contributed by atoms with Gasteiger partial charge in [0.15, 0.2) is 0 Å². The zero-order valence-corrected chi connectivity index (χ0v) is 17.9. The maximum absolute atomic E-state index is 12.5. The minimum absolute atomic E-state index is 0.0873. The van der Waals surface area contributed by atoms with Crippen molar-refractivity contribution in [3.8, 4) is 0 Å².